The fourth-order valence-electron chi connectivity index (χ4n) is 1.90. The van der Waals surface area contributed by atoms with Crippen LogP contribution in [0.3, 0.4) is 0 Å². The summed E-state index contributed by atoms with van der Waals surface area (Å²) >= 11 is 3.22. The molecule has 0 saturated carbocycles. The molecule has 0 bridgehead atoms. The van der Waals surface area contributed by atoms with Crippen molar-refractivity contribution < 1.29 is 22.3 Å². The van der Waals surface area contributed by atoms with E-state index in [-0.39, 0.29) is 16.3 Å². The summed E-state index contributed by atoms with van der Waals surface area (Å²) in [5.74, 6) is -0.642. The van der Waals surface area contributed by atoms with Gasteiger partial charge < -0.3 is 10.1 Å². The van der Waals surface area contributed by atoms with Gasteiger partial charge in [0.15, 0.2) is 0 Å². The third kappa shape index (κ3) is 4.24. The number of sulfonamides is 1. The molecule has 24 heavy (non-hydrogen) atoms. The molecule has 0 radical (unpaired) electrons. The molecule has 0 aliphatic heterocycles. The Kier molecular flexibility index (Phi) is 5.45. The van der Waals surface area contributed by atoms with Crippen LogP contribution in [-0.4, -0.2) is 21.4 Å². The maximum Gasteiger partial charge on any atom is 0.261 e. The quantitative estimate of drug-likeness (QED) is 0.782. The van der Waals surface area contributed by atoms with Gasteiger partial charge in [0.05, 0.1) is 27.9 Å². The van der Waals surface area contributed by atoms with Crippen LogP contribution in [0.25, 0.3) is 0 Å². The van der Waals surface area contributed by atoms with Crippen LogP contribution in [0.2, 0.25) is 0 Å². The van der Waals surface area contributed by atoms with Crippen molar-refractivity contribution in [3.63, 3.8) is 0 Å². The van der Waals surface area contributed by atoms with Gasteiger partial charge in [-0.3, -0.25) is 9.52 Å². The summed E-state index contributed by atoms with van der Waals surface area (Å²) in [6.07, 6.45) is 0. The van der Waals surface area contributed by atoms with E-state index in [1.807, 2.05) is 0 Å². The van der Waals surface area contributed by atoms with Crippen LogP contribution in [-0.2, 0) is 14.8 Å². The van der Waals surface area contributed by atoms with E-state index >= 15 is 0 Å². The Balaban J connectivity index is 2.32. The zero-order chi connectivity index (χ0) is 17.9. The molecular formula is C15H14BrFN2O4S. The fourth-order valence-corrected chi connectivity index (χ4v) is 3.67. The Morgan fingerprint density at radius 2 is 1.92 bits per heavy atom. The predicted molar refractivity (Wildman–Crippen MR) is 92.2 cm³/mol. The van der Waals surface area contributed by atoms with E-state index in [0.717, 1.165) is 6.07 Å². The van der Waals surface area contributed by atoms with E-state index in [1.54, 1.807) is 0 Å². The van der Waals surface area contributed by atoms with Gasteiger partial charge in [-0.05, 0) is 52.3 Å². The second-order valence-corrected chi connectivity index (χ2v) is 7.31. The van der Waals surface area contributed by atoms with Crippen LogP contribution in [0.15, 0.2) is 45.8 Å². The lowest BCUT2D eigenvalue weighted by Gasteiger charge is -2.11. The van der Waals surface area contributed by atoms with Gasteiger partial charge in [0.2, 0.25) is 5.91 Å². The number of halogens is 2. The molecule has 1 amide bonds. The van der Waals surface area contributed by atoms with Gasteiger partial charge in [-0.1, -0.05) is 0 Å². The molecule has 2 rings (SSSR count). The second kappa shape index (κ2) is 7.18. The van der Waals surface area contributed by atoms with Crippen molar-refractivity contribution in [1.82, 2.24) is 0 Å². The maximum atomic E-state index is 13.6. The molecule has 0 unspecified atom stereocenters. The maximum absolute atomic E-state index is 13.6. The fraction of sp³-hybridized carbons (Fsp3) is 0.133. The van der Waals surface area contributed by atoms with Crippen molar-refractivity contribution in [2.75, 3.05) is 17.1 Å². The Hall–Kier alpha value is -2.13. The first-order valence-corrected chi connectivity index (χ1v) is 8.94. The molecule has 6 nitrogen and oxygen atoms in total. The van der Waals surface area contributed by atoms with Gasteiger partial charge in [0.25, 0.3) is 10.0 Å². The largest absolute Gasteiger partial charge is 0.496 e. The average molecular weight is 417 g/mol. The Labute approximate surface area is 147 Å². The molecule has 0 heterocycles. The highest BCUT2D eigenvalue weighted by atomic mass is 79.9. The van der Waals surface area contributed by atoms with Crippen molar-refractivity contribution in [3.05, 3.63) is 46.7 Å². The Bertz CT molecular complexity index is 887. The summed E-state index contributed by atoms with van der Waals surface area (Å²) in [7, 11) is -2.42. The smallest absolute Gasteiger partial charge is 0.261 e. The van der Waals surface area contributed by atoms with E-state index < -0.39 is 21.7 Å². The van der Waals surface area contributed by atoms with Gasteiger partial charge in [-0.25, -0.2) is 12.8 Å². The first kappa shape index (κ1) is 18.2. The van der Waals surface area contributed by atoms with Crippen LogP contribution in [0, 0.1) is 5.82 Å². The molecular weight excluding hydrogens is 403 g/mol. The van der Waals surface area contributed by atoms with Gasteiger partial charge in [0.1, 0.15) is 11.6 Å². The molecule has 0 aliphatic carbocycles. The highest BCUT2D eigenvalue weighted by molar-refractivity contribution is 9.10. The summed E-state index contributed by atoms with van der Waals surface area (Å²) in [5.41, 5.74) is 0.00528. The third-order valence-corrected chi connectivity index (χ3v) is 4.96. The van der Waals surface area contributed by atoms with Gasteiger partial charge in [0, 0.05) is 6.92 Å². The highest BCUT2D eigenvalue weighted by Crippen LogP contribution is 2.29. The summed E-state index contributed by atoms with van der Waals surface area (Å²) in [5, 5.41) is 2.29. The molecule has 0 aliphatic rings. The van der Waals surface area contributed by atoms with Crippen LogP contribution < -0.4 is 14.8 Å². The molecule has 9 heteroatoms. The molecule has 0 atom stereocenters. The topological polar surface area (TPSA) is 84.5 Å². The molecule has 0 spiro atoms. The number of ether oxygens (including phenoxy) is 1. The van der Waals surface area contributed by atoms with Crippen LogP contribution >= 0.6 is 15.9 Å². The minimum atomic E-state index is -3.89. The van der Waals surface area contributed by atoms with Crippen LogP contribution in [0.5, 0.6) is 5.75 Å². The van der Waals surface area contributed by atoms with Crippen molar-refractivity contribution in [2.45, 2.75) is 11.8 Å². The van der Waals surface area contributed by atoms with E-state index in [9.17, 15) is 17.6 Å². The van der Waals surface area contributed by atoms with Crippen molar-refractivity contribution in [3.8, 4) is 5.75 Å². The van der Waals surface area contributed by atoms with Gasteiger partial charge in [-0.2, -0.15) is 0 Å². The molecule has 2 N–H and O–H groups in total. The first-order valence-electron chi connectivity index (χ1n) is 6.66. The molecule has 2 aromatic carbocycles. The molecule has 2 aromatic rings. The van der Waals surface area contributed by atoms with Crippen LogP contribution in [0.4, 0.5) is 15.8 Å². The minimum absolute atomic E-state index is 0.000534. The van der Waals surface area contributed by atoms with Crippen molar-refractivity contribution in [1.29, 1.82) is 0 Å². The average Bonchev–Trinajstić information content (AvgIpc) is 2.49. The molecule has 0 aromatic heterocycles. The lowest BCUT2D eigenvalue weighted by atomic mass is 10.2. The van der Waals surface area contributed by atoms with Gasteiger partial charge in [-0.15, -0.1) is 0 Å². The van der Waals surface area contributed by atoms with E-state index in [1.165, 1.54) is 44.4 Å². The first-order chi connectivity index (χ1) is 11.2. The number of benzene rings is 2. The highest BCUT2D eigenvalue weighted by Gasteiger charge is 2.17. The van der Waals surface area contributed by atoms with Crippen molar-refractivity contribution in [2.24, 2.45) is 0 Å². The standard InChI is InChI=1S/C15H14BrFN2O4S/c1-9(20)18-14-7-10(3-5-13(14)17)19-24(21,22)11-4-6-15(23-2)12(16)8-11/h3-8,19H,1-2H3,(H,18,20). The summed E-state index contributed by atoms with van der Waals surface area (Å²) in [6.45, 7) is 1.23. The number of rotatable bonds is 5. The number of carbonyl (C=O) groups is 1. The Morgan fingerprint density at radius 1 is 1.21 bits per heavy atom. The summed E-state index contributed by atoms with van der Waals surface area (Å²) in [6, 6.07) is 7.80. The van der Waals surface area contributed by atoms with E-state index in [2.05, 4.69) is 26.0 Å². The third-order valence-electron chi connectivity index (χ3n) is 2.96. The van der Waals surface area contributed by atoms with Crippen LogP contribution in [0.1, 0.15) is 6.92 Å². The minimum Gasteiger partial charge on any atom is -0.496 e. The normalized spacial score (nSPS) is 11.0. The SMILES string of the molecule is COc1ccc(S(=O)(=O)Nc2ccc(F)c(NC(C)=O)c2)cc1Br. The van der Waals surface area contributed by atoms with Crippen molar-refractivity contribution >= 4 is 43.2 Å². The zero-order valence-corrected chi connectivity index (χ0v) is 15.2. The molecule has 0 fully saturated rings. The predicted octanol–water partition coefficient (Wildman–Crippen LogP) is 3.36. The summed E-state index contributed by atoms with van der Waals surface area (Å²) in [4.78, 5) is 11.0. The zero-order valence-electron chi connectivity index (χ0n) is 12.8. The monoisotopic (exact) mass is 416 g/mol. The number of anilines is 2. The number of amides is 1. The molecule has 128 valence electrons. The van der Waals surface area contributed by atoms with Gasteiger partial charge >= 0.3 is 0 Å². The lowest BCUT2D eigenvalue weighted by Crippen LogP contribution is -2.14. The number of hydrogen-bond acceptors (Lipinski definition) is 4. The van der Waals surface area contributed by atoms with E-state index in [0.29, 0.717) is 10.2 Å². The second-order valence-electron chi connectivity index (χ2n) is 4.78. The number of methoxy groups -OCH3 is 1. The molecule has 0 saturated heterocycles. The number of hydrogen-bond donors (Lipinski definition) is 2. The lowest BCUT2D eigenvalue weighted by molar-refractivity contribution is -0.114. The number of nitrogens with one attached hydrogen (secondary N) is 2. The summed E-state index contributed by atoms with van der Waals surface area (Å²) < 4.78 is 46.3. The number of carbonyl (C=O) groups excluding carboxylic acids is 1. The van der Waals surface area contributed by atoms with E-state index in [4.69, 9.17) is 4.74 Å². The Morgan fingerprint density at radius 3 is 2.50 bits per heavy atom.